The van der Waals surface area contributed by atoms with Gasteiger partial charge in [0.2, 0.25) is 0 Å². The number of halogens is 1. The highest BCUT2D eigenvalue weighted by Gasteiger charge is 2.17. The highest BCUT2D eigenvalue weighted by molar-refractivity contribution is 6.33. The second-order valence-corrected chi connectivity index (χ2v) is 6.58. The summed E-state index contributed by atoms with van der Waals surface area (Å²) in [4.78, 5) is 24.2. The van der Waals surface area contributed by atoms with Gasteiger partial charge < -0.3 is 16.0 Å². The Balaban J connectivity index is 1.43. The number of nitrogens with one attached hydrogen (secondary N) is 3. The van der Waals surface area contributed by atoms with Gasteiger partial charge in [-0.15, -0.1) is 0 Å². The Morgan fingerprint density at radius 1 is 1.19 bits per heavy atom. The van der Waals surface area contributed by atoms with Crippen LogP contribution in [0.15, 0.2) is 36.5 Å². The van der Waals surface area contributed by atoms with Crippen LogP contribution in [-0.2, 0) is 0 Å². The zero-order chi connectivity index (χ0) is 18.4. The molecule has 1 unspecified atom stereocenters. The van der Waals surface area contributed by atoms with Crippen molar-refractivity contribution in [1.82, 2.24) is 25.7 Å². The molecule has 1 saturated heterocycles. The third kappa shape index (κ3) is 4.62. The predicted molar refractivity (Wildman–Crippen MR) is 99.5 cm³/mol. The number of rotatable bonds is 6. The number of piperidine rings is 1. The number of aromatic nitrogens is 2. The Morgan fingerprint density at radius 3 is 2.69 bits per heavy atom. The van der Waals surface area contributed by atoms with Crippen molar-refractivity contribution in [3.05, 3.63) is 52.8 Å². The minimum absolute atomic E-state index is 0.250. The molecule has 0 bridgehead atoms. The van der Waals surface area contributed by atoms with Crippen LogP contribution in [0.2, 0.25) is 5.02 Å². The highest BCUT2D eigenvalue weighted by Crippen LogP contribution is 2.16. The molecule has 3 N–H and O–H groups in total. The SMILES string of the molecule is O=C(NCCNC(=O)c1ccccc1Cl)c1ccn(C2CCCNC2)n1. The molecule has 0 spiro atoms. The normalized spacial score (nSPS) is 16.9. The van der Waals surface area contributed by atoms with E-state index < -0.39 is 0 Å². The van der Waals surface area contributed by atoms with Gasteiger partial charge in [0, 0.05) is 25.8 Å². The summed E-state index contributed by atoms with van der Waals surface area (Å²) < 4.78 is 1.85. The zero-order valence-electron chi connectivity index (χ0n) is 14.4. The van der Waals surface area contributed by atoms with Gasteiger partial charge in [-0.25, -0.2) is 0 Å². The molecular formula is C18H22ClN5O2. The summed E-state index contributed by atoms with van der Waals surface area (Å²) in [5.74, 6) is -0.515. The lowest BCUT2D eigenvalue weighted by Crippen LogP contribution is -2.35. The summed E-state index contributed by atoms with van der Waals surface area (Å²) in [6, 6.07) is 8.84. The average Bonchev–Trinajstić information content (AvgIpc) is 3.16. The van der Waals surface area contributed by atoms with Crippen LogP contribution >= 0.6 is 11.6 Å². The molecule has 2 aromatic rings. The van der Waals surface area contributed by atoms with Gasteiger partial charge in [0.05, 0.1) is 16.6 Å². The predicted octanol–water partition coefficient (Wildman–Crippen LogP) is 1.62. The Bertz CT molecular complexity index is 770. The van der Waals surface area contributed by atoms with E-state index in [0.717, 1.165) is 25.9 Å². The van der Waals surface area contributed by atoms with Crippen LogP contribution in [0.1, 0.15) is 39.7 Å². The van der Waals surface area contributed by atoms with Gasteiger partial charge in [0.1, 0.15) is 5.69 Å². The lowest BCUT2D eigenvalue weighted by molar-refractivity contribution is 0.0924. The van der Waals surface area contributed by atoms with Crippen LogP contribution in [0.3, 0.4) is 0 Å². The Morgan fingerprint density at radius 2 is 1.96 bits per heavy atom. The number of carbonyl (C=O) groups is 2. The molecule has 7 nitrogen and oxygen atoms in total. The van der Waals surface area contributed by atoms with Crippen LogP contribution in [0, 0.1) is 0 Å². The fourth-order valence-corrected chi connectivity index (χ4v) is 3.13. The lowest BCUT2D eigenvalue weighted by atomic mass is 10.1. The highest BCUT2D eigenvalue weighted by atomic mass is 35.5. The Hall–Kier alpha value is -2.38. The summed E-state index contributed by atoms with van der Waals surface area (Å²) in [6.07, 6.45) is 4.01. The van der Waals surface area contributed by atoms with Crippen LogP contribution in [0.4, 0.5) is 0 Å². The van der Waals surface area contributed by atoms with Crippen molar-refractivity contribution in [2.75, 3.05) is 26.2 Å². The maximum absolute atomic E-state index is 12.2. The van der Waals surface area contributed by atoms with Crippen molar-refractivity contribution >= 4 is 23.4 Å². The summed E-state index contributed by atoms with van der Waals surface area (Å²) in [5, 5.41) is 13.6. The number of carbonyl (C=O) groups excluding carboxylic acids is 2. The second-order valence-electron chi connectivity index (χ2n) is 6.17. The zero-order valence-corrected chi connectivity index (χ0v) is 15.1. The van der Waals surface area contributed by atoms with E-state index >= 15 is 0 Å². The Kier molecular flexibility index (Phi) is 6.25. The molecule has 8 heteroatoms. The van der Waals surface area contributed by atoms with E-state index in [1.807, 2.05) is 10.9 Å². The third-order valence-corrected chi connectivity index (χ3v) is 4.63. The second kappa shape index (κ2) is 8.82. The van der Waals surface area contributed by atoms with Crippen molar-refractivity contribution in [2.24, 2.45) is 0 Å². The summed E-state index contributed by atoms with van der Waals surface area (Å²) >= 11 is 5.98. The van der Waals surface area contributed by atoms with Crippen LogP contribution in [0.25, 0.3) is 0 Å². The van der Waals surface area contributed by atoms with Gasteiger partial charge >= 0.3 is 0 Å². The van der Waals surface area contributed by atoms with E-state index in [-0.39, 0.29) is 11.8 Å². The van der Waals surface area contributed by atoms with Crippen molar-refractivity contribution in [3.63, 3.8) is 0 Å². The van der Waals surface area contributed by atoms with Crippen LogP contribution in [-0.4, -0.2) is 47.8 Å². The molecule has 3 rings (SSSR count). The molecule has 0 aliphatic carbocycles. The number of hydrogen-bond donors (Lipinski definition) is 3. The molecule has 26 heavy (non-hydrogen) atoms. The first-order valence-electron chi connectivity index (χ1n) is 8.72. The minimum atomic E-state index is -0.265. The van der Waals surface area contributed by atoms with Gasteiger partial charge in [-0.1, -0.05) is 23.7 Å². The molecular weight excluding hydrogens is 354 g/mol. The smallest absolute Gasteiger partial charge is 0.271 e. The molecule has 0 saturated carbocycles. The molecule has 138 valence electrons. The monoisotopic (exact) mass is 375 g/mol. The number of amides is 2. The largest absolute Gasteiger partial charge is 0.350 e. The van der Waals surface area contributed by atoms with Gasteiger partial charge in [-0.2, -0.15) is 5.10 Å². The molecule has 1 aromatic carbocycles. The van der Waals surface area contributed by atoms with E-state index in [4.69, 9.17) is 11.6 Å². The van der Waals surface area contributed by atoms with Crippen molar-refractivity contribution in [2.45, 2.75) is 18.9 Å². The lowest BCUT2D eigenvalue weighted by Gasteiger charge is -2.22. The average molecular weight is 376 g/mol. The maximum Gasteiger partial charge on any atom is 0.271 e. The van der Waals surface area contributed by atoms with Gasteiger partial charge in [0.25, 0.3) is 11.8 Å². The first-order chi connectivity index (χ1) is 12.6. The maximum atomic E-state index is 12.2. The van der Waals surface area contributed by atoms with E-state index in [2.05, 4.69) is 21.0 Å². The van der Waals surface area contributed by atoms with Crippen molar-refractivity contribution < 1.29 is 9.59 Å². The molecule has 1 aliphatic heterocycles. The number of nitrogens with zero attached hydrogens (tertiary/aromatic N) is 2. The van der Waals surface area contributed by atoms with E-state index in [9.17, 15) is 9.59 Å². The fourth-order valence-electron chi connectivity index (χ4n) is 2.90. The van der Waals surface area contributed by atoms with Crippen molar-refractivity contribution in [1.29, 1.82) is 0 Å². The topological polar surface area (TPSA) is 88.0 Å². The van der Waals surface area contributed by atoms with Gasteiger partial charge in [-0.3, -0.25) is 14.3 Å². The van der Waals surface area contributed by atoms with E-state index in [0.29, 0.717) is 35.4 Å². The quantitative estimate of drug-likeness (QED) is 0.669. The summed E-state index contributed by atoms with van der Waals surface area (Å²) in [7, 11) is 0. The summed E-state index contributed by atoms with van der Waals surface area (Å²) in [6.45, 7) is 2.53. The molecule has 1 aliphatic rings. The Labute approximate surface area is 157 Å². The molecule has 1 fully saturated rings. The molecule has 2 amide bonds. The van der Waals surface area contributed by atoms with Gasteiger partial charge in [-0.05, 0) is 37.6 Å². The molecule has 0 radical (unpaired) electrons. The fraction of sp³-hybridized carbons (Fsp3) is 0.389. The molecule has 1 aromatic heterocycles. The molecule has 1 atom stereocenters. The van der Waals surface area contributed by atoms with Crippen LogP contribution in [0.5, 0.6) is 0 Å². The number of hydrogen-bond acceptors (Lipinski definition) is 4. The first kappa shape index (κ1) is 18.4. The minimum Gasteiger partial charge on any atom is -0.350 e. The standard InChI is InChI=1S/C18H22ClN5O2/c19-15-6-2-1-5-14(15)17(25)21-9-10-22-18(26)16-7-11-24(23-16)13-4-3-8-20-12-13/h1-2,5-7,11,13,20H,3-4,8-10,12H2,(H,21,25)(H,22,26). The van der Waals surface area contributed by atoms with Crippen LogP contribution < -0.4 is 16.0 Å². The molecule has 2 heterocycles. The third-order valence-electron chi connectivity index (χ3n) is 4.30. The van der Waals surface area contributed by atoms with Gasteiger partial charge in [0.15, 0.2) is 0 Å². The summed E-state index contributed by atoms with van der Waals surface area (Å²) in [5.41, 5.74) is 0.799. The van der Waals surface area contributed by atoms with E-state index in [1.165, 1.54) is 0 Å². The van der Waals surface area contributed by atoms with Crippen molar-refractivity contribution in [3.8, 4) is 0 Å². The van der Waals surface area contributed by atoms with E-state index in [1.54, 1.807) is 30.3 Å². The number of benzene rings is 1. The first-order valence-corrected chi connectivity index (χ1v) is 9.10.